The van der Waals surface area contributed by atoms with Gasteiger partial charge in [0, 0.05) is 31.6 Å². The number of aliphatic hydroxyl groups excluding tert-OH is 1. The van der Waals surface area contributed by atoms with Crippen molar-refractivity contribution in [2.75, 3.05) is 39.4 Å². The maximum Gasteiger partial charge on any atom is 0.117 e. The van der Waals surface area contributed by atoms with Crippen LogP contribution in [0.25, 0.3) is 0 Å². The fraction of sp³-hybridized carbons (Fsp3) is 1.00. The number of halogens is 1. The molecule has 0 amide bonds. The smallest absolute Gasteiger partial charge is 0.117 e. The first kappa shape index (κ1) is 9.37. The first-order valence-electron chi connectivity index (χ1n) is 4.91. The van der Waals surface area contributed by atoms with Gasteiger partial charge in [0.25, 0.3) is 0 Å². The summed E-state index contributed by atoms with van der Waals surface area (Å²) in [6.07, 6.45) is 0.446. The highest BCUT2D eigenvalue weighted by Gasteiger charge is 2.44. The van der Waals surface area contributed by atoms with Gasteiger partial charge >= 0.3 is 0 Å². The summed E-state index contributed by atoms with van der Waals surface area (Å²) < 4.78 is 12.0. The molecular formula is C9H17FN2O. The van der Waals surface area contributed by atoms with E-state index in [0.29, 0.717) is 12.0 Å². The zero-order valence-corrected chi connectivity index (χ0v) is 7.80. The summed E-state index contributed by atoms with van der Waals surface area (Å²) in [5.41, 5.74) is 0.454. The molecule has 2 saturated heterocycles. The van der Waals surface area contributed by atoms with Crippen LogP contribution in [0.15, 0.2) is 0 Å². The number of rotatable bonds is 3. The minimum atomic E-state index is -0.785. The number of hydrogen-bond donors (Lipinski definition) is 2. The van der Waals surface area contributed by atoms with Crippen molar-refractivity contribution >= 4 is 0 Å². The highest BCUT2D eigenvalue weighted by Crippen LogP contribution is 2.35. The van der Waals surface area contributed by atoms with Gasteiger partial charge in [-0.1, -0.05) is 0 Å². The Morgan fingerprint density at radius 2 is 2.31 bits per heavy atom. The van der Waals surface area contributed by atoms with Crippen LogP contribution in [0.1, 0.15) is 6.42 Å². The van der Waals surface area contributed by atoms with E-state index in [9.17, 15) is 4.39 Å². The summed E-state index contributed by atoms with van der Waals surface area (Å²) in [7, 11) is 0. The van der Waals surface area contributed by atoms with E-state index >= 15 is 0 Å². The Bertz CT molecular complexity index is 174. The molecule has 1 unspecified atom stereocenters. The molecule has 2 rings (SSSR count). The van der Waals surface area contributed by atoms with E-state index in [1.54, 1.807) is 0 Å². The Morgan fingerprint density at radius 1 is 1.54 bits per heavy atom. The average Bonchev–Trinajstić information content (AvgIpc) is 2.52. The number of nitrogens with one attached hydrogen (secondary N) is 1. The molecule has 0 radical (unpaired) electrons. The lowest BCUT2D eigenvalue weighted by Gasteiger charge is -2.48. The number of hydrogen-bond acceptors (Lipinski definition) is 3. The highest BCUT2D eigenvalue weighted by molar-refractivity contribution is 5.00. The molecule has 2 N–H and O–H groups in total. The zero-order chi connectivity index (χ0) is 9.31. The van der Waals surface area contributed by atoms with Crippen LogP contribution in [0.4, 0.5) is 4.39 Å². The van der Waals surface area contributed by atoms with E-state index in [1.807, 2.05) is 0 Å². The molecule has 4 heteroatoms. The molecule has 1 spiro atoms. The van der Waals surface area contributed by atoms with Crippen LogP contribution in [0.5, 0.6) is 0 Å². The van der Waals surface area contributed by atoms with Gasteiger partial charge in [-0.05, 0) is 13.0 Å². The molecule has 13 heavy (non-hydrogen) atoms. The van der Waals surface area contributed by atoms with Crippen LogP contribution in [0.3, 0.4) is 0 Å². The van der Waals surface area contributed by atoms with Gasteiger partial charge in [-0.15, -0.1) is 0 Å². The Balaban J connectivity index is 1.71. The van der Waals surface area contributed by atoms with Gasteiger partial charge in [0.1, 0.15) is 6.67 Å². The van der Waals surface area contributed by atoms with Gasteiger partial charge in [-0.25, -0.2) is 4.39 Å². The molecule has 1 atom stereocenters. The third-order valence-corrected chi connectivity index (χ3v) is 3.10. The molecule has 0 aromatic carbocycles. The number of alkyl halides is 1. The lowest BCUT2D eigenvalue weighted by molar-refractivity contribution is -0.0200. The lowest BCUT2D eigenvalue weighted by Crippen LogP contribution is -2.59. The molecule has 76 valence electrons. The predicted molar refractivity (Wildman–Crippen MR) is 48.3 cm³/mol. The first-order chi connectivity index (χ1) is 6.24. The Hall–Kier alpha value is -0.190. The Kier molecular flexibility index (Phi) is 2.53. The molecule has 2 aliphatic rings. The fourth-order valence-electron chi connectivity index (χ4n) is 2.44. The molecule has 2 aliphatic heterocycles. The van der Waals surface area contributed by atoms with Crippen molar-refractivity contribution in [2.45, 2.75) is 12.5 Å². The van der Waals surface area contributed by atoms with Crippen LogP contribution >= 0.6 is 0 Å². The summed E-state index contributed by atoms with van der Waals surface area (Å²) in [5.74, 6) is 0. The molecule has 0 aromatic rings. The largest absolute Gasteiger partial charge is 0.389 e. The van der Waals surface area contributed by atoms with Gasteiger partial charge in [-0.3, -0.25) is 4.90 Å². The van der Waals surface area contributed by atoms with Gasteiger partial charge in [0.2, 0.25) is 0 Å². The van der Waals surface area contributed by atoms with Crippen LogP contribution in [-0.4, -0.2) is 55.5 Å². The van der Waals surface area contributed by atoms with E-state index in [0.717, 1.165) is 26.2 Å². The monoisotopic (exact) mass is 188 g/mol. The van der Waals surface area contributed by atoms with Crippen molar-refractivity contribution in [3.8, 4) is 0 Å². The average molecular weight is 188 g/mol. The fourth-order valence-corrected chi connectivity index (χ4v) is 2.44. The zero-order valence-electron chi connectivity index (χ0n) is 7.80. The van der Waals surface area contributed by atoms with Crippen molar-refractivity contribution in [2.24, 2.45) is 5.41 Å². The molecule has 0 aliphatic carbocycles. The van der Waals surface area contributed by atoms with E-state index < -0.39 is 12.8 Å². The number of likely N-dealkylation sites (tertiary alicyclic amines) is 1. The second-order valence-corrected chi connectivity index (χ2v) is 4.40. The second-order valence-electron chi connectivity index (χ2n) is 4.40. The van der Waals surface area contributed by atoms with E-state index in [1.165, 1.54) is 6.42 Å². The standard InChI is InChI=1S/C9H17FN2O/c10-3-8(13)4-12-6-9(7-12)1-2-11-5-9/h8,11,13H,1-7H2. The van der Waals surface area contributed by atoms with Crippen LogP contribution in [-0.2, 0) is 0 Å². The summed E-state index contributed by atoms with van der Waals surface area (Å²) in [4.78, 5) is 2.14. The Morgan fingerprint density at radius 3 is 2.85 bits per heavy atom. The lowest BCUT2D eigenvalue weighted by atomic mass is 9.79. The molecule has 2 heterocycles. The summed E-state index contributed by atoms with van der Waals surface area (Å²) >= 11 is 0. The SMILES string of the molecule is OC(CF)CN1CC2(CCNC2)C1. The van der Waals surface area contributed by atoms with Crippen LogP contribution in [0, 0.1) is 5.41 Å². The van der Waals surface area contributed by atoms with Crippen LogP contribution < -0.4 is 5.32 Å². The summed E-state index contributed by atoms with van der Waals surface area (Å²) in [5, 5.41) is 12.4. The number of nitrogens with zero attached hydrogens (tertiary/aromatic N) is 1. The maximum absolute atomic E-state index is 12.0. The van der Waals surface area contributed by atoms with Crippen molar-refractivity contribution < 1.29 is 9.50 Å². The molecule has 2 fully saturated rings. The van der Waals surface area contributed by atoms with Crippen molar-refractivity contribution in [1.82, 2.24) is 10.2 Å². The van der Waals surface area contributed by atoms with Crippen LogP contribution in [0.2, 0.25) is 0 Å². The minimum absolute atomic E-state index is 0.454. The van der Waals surface area contributed by atoms with Gasteiger partial charge in [0.15, 0.2) is 0 Å². The van der Waals surface area contributed by atoms with Gasteiger partial charge < -0.3 is 10.4 Å². The van der Waals surface area contributed by atoms with E-state index in [2.05, 4.69) is 10.2 Å². The summed E-state index contributed by atoms with van der Waals surface area (Å²) in [6.45, 7) is 4.13. The summed E-state index contributed by atoms with van der Waals surface area (Å²) in [6, 6.07) is 0. The van der Waals surface area contributed by atoms with E-state index in [4.69, 9.17) is 5.11 Å². The normalized spacial score (nSPS) is 29.1. The third-order valence-electron chi connectivity index (χ3n) is 3.10. The first-order valence-corrected chi connectivity index (χ1v) is 4.91. The van der Waals surface area contributed by atoms with Gasteiger partial charge in [-0.2, -0.15) is 0 Å². The molecule has 3 nitrogen and oxygen atoms in total. The topological polar surface area (TPSA) is 35.5 Å². The minimum Gasteiger partial charge on any atom is -0.389 e. The third kappa shape index (κ3) is 1.85. The quantitative estimate of drug-likeness (QED) is 0.633. The number of aliphatic hydroxyl groups is 1. The van der Waals surface area contributed by atoms with Gasteiger partial charge in [0.05, 0.1) is 6.10 Å². The molecule has 0 bridgehead atoms. The Labute approximate surface area is 77.9 Å². The molecule has 0 aromatic heterocycles. The van der Waals surface area contributed by atoms with Crippen molar-refractivity contribution in [3.63, 3.8) is 0 Å². The molecule has 0 saturated carbocycles. The van der Waals surface area contributed by atoms with Crippen molar-refractivity contribution in [3.05, 3.63) is 0 Å². The predicted octanol–water partition coefficient (Wildman–Crippen LogP) is -0.388. The van der Waals surface area contributed by atoms with E-state index in [-0.39, 0.29) is 0 Å². The second kappa shape index (κ2) is 3.52. The number of β-amino-alcohol motifs (C(OH)–C–C–N with tert-alkyl or cyclic N) is 1. The van der Waals surface area contributed by atoms with Crippen molar-refractivity contribution in [1.29, 1.82) is 0 Å². The maximum atomic E-state index is 12.0. The molecular weight excluding hydrogens is 171 g/mol. The highest BCUT2D eigenvalue weighted by atomic mass is 19.1.